The van der Waals surface area contributed by atoms with Gasteiger partial charge < -0.3 is 15.5 Å². The van der Waals surface area contributed by atoms with E-state index in [0.717, 1.165) is 69.6 Å². The van der Waals surface area contributed by atoms with Crippen molar-refractivity contribution in [2.75, 3.05) is 57.8 Å². The van der Waals surface area contributed by atoms with Crippen LogP contribution in [0.4, 0.5) is 5.69 Å². The summed E-state index contributed by atoms with van der Waals surface area (Å²) in [4.78, 5) is 9.17. The Morgan fingerprint density at radius 2 is 1.92 bits per heavy atom. The van der Waals surface area contributed by atoms with Crippen molar-refractivity contribution in [2.24, 2.45) is 4.99 Å². The van der Waals surface area contributed by atoms with E-state index in [2.05, 4.69) is 44.5 Å². The fourth-order valence-electron chi connectivity index (χ4n) is 2.88. The Morgan fingerprint density at radius 3 is 2.58 bits per heavy atom. The van der Waals surface area contributed by atoms with E-state index < -0.39 is 0 Å². The topological polar surface area (TPSA) is 42.9 Å². The molecule has 5 nitrogen and oxygen atoms in total. The largest absolute Gasteiger partial charge is 0.369 e. The highest BCUT2D eigenvalue weighted by atomic mass is 35.5. The van der Waals surface area contributed by atoms with Crippen molar-refractivity contribution >= 4 is 23.2 Å². The molecule has 24 heavy (non-hydrogen) atoms. The summed E-state index contributed by atoms with van der Waals surface area (Å²) in [5, 5.41) is 7.48. The summed E-state index contributed by atoms with van der Waals surface area (Å²) >= 11 is 6.09. The molecule has 0 unspecified atom stereocenters. The second kappa shape index (κ2) is 10.4. The lowest BCUT2D eigenvalue weighted by Gasteiger charge is -2.36. The number of rotatable bonds is 7. The Labute approximate surface area is 151 Å². The van der Waals surface area contributed by atoms with Crippen LogP contribution in [0.3, 0.4) is 0 Å². The van der Waals surface area contributed by atoms with Crippen molar-refractivity contribution in [2.45, 2.75) is 19.8 Å². The molecule has 1 saturated heterocycles. The fourth-order valence-corrected chi connectivity index (χ4v) is 3.06. The summed E-state index contributed by atoms with van der Waals surface area (Å²) in [6.07, 6.45) is 2.24. The molecule has 1 aliphatic rings. The molecule has 0 aliphatic carbocycles. The van der Waals surface area contributed by atoms with E-state index >= 15 is 0 Å². The number of anilines is 1. The van der Waals surface area contributed by atoms with Gasteiger partial charge in [0.2, 0.25) is 0 Å². The number of halogens is 1. The highest BCUT2D eigenvalue weighted by molar-refractivity contribution is 6.30. The third kappa shape index (κ3) is 6.21. The molecule has 1 heterocycles. The van der Waals surface area contributed by atoms with E-state index in [9.17, 15) is 0 Å². The van der Waals surface area contributed by atoms with Gasteiger partial charge in [0.15, 0.2) is 5.96 Å². The second-order valence-corrected chi connectivity index (χ2v) is 6.52. The van der Waals surface area contributed by atoms with E-state index in [-0.39, 0.29) is 0 Å². The lowest BCUT2D eigenvalue weighted by molar-refractivity contribution is 0.255. The van der Waals surface area contributed by atoms with Gasteiger partial charge in [0.1, 0.15) is 0 Å². The second-order valence-electron chi connectivity index (χ2n) is 6.09. The van der Waals surface area contributed by atoms with Crippen LogP contribution in [0.1, 0.15) is 19.8 Å². The van der Waals surface area contributed by atoms with Crippen LogP contribution in [0.25, 0.3) is 0 Å². The van der Waals surface area contributed by atoms with Gasteiger partial charge in [0.05, 0.1) is 0 Å². The minimum absolute atomic E-state index is 0.811. The molecule has 2 rings (SSSR count). The third-order valence-electron chi connectivity index (χ3n) is 4.26. The van der Waals surface area contributed by atoms with E-state index in [1.54, 1.807) is 0 Å². The molecule has 1 aromatic rings. The van der Waals surface area contributed by atoms with Gasteiger partial charge in [-0.1, -0.05) is 24.6 Å². The van der Waals surface area contributed by atoms with Crippen molar-refractivity contribution in [1.29, 1.82) is 0 Å². The molecule has 0 spiro atoms. The number of hydrogen-bond acceptors (Lipinski definition) is 3. The normalized spacial score (nSPS) is 16.3. The zero-order chi connectivity index (χ0) is 17.2. The summed E-state index contributed by atoms with van der Waals surface area (Å²) in [5.74, 6) is 0.905. The van der Waals surface area contributed by atoms with Gasteiger partial charge in [-0.25, -0.2) is 0 Å². The average Bonchev–Trinajstić information content (AvgIpc) is 2.61. The molecule has 2 N–H and O–H groups in total. The van der Waals surface area contributed by atoms with Crippen LogP contribution < -0.4 is 15.5 Å². The number of nitrogens with zero attached hydrogens (tertiary/aromatic N) is 3. The van der Waals surface area contributed by atoms with Gasteiger partial charge in [-0.3, -0.25) is 9.89 Å². The Kier molecular flexibility index (Phi) is 8.19. The quantitative estimate of drug-likeness (QED) is 0.450. The number of nitrogens with one attached hydrogen (secondary N) is 2. The Morgan fingerprint density at radius 1 is 1.17 bits per heavy atom. The first-order valence-corrected chi connectivity index (χ1v) is 9.28. The maximum atomic E-state index is 6.09. The summed E-state index contributed by atoms with van der Waals surface area (Å²) in [7, 11) is 1.82. The van der Waals surface area contributed by atoms with Crippen LogP contribution in [0.5, 0.6) is 0 Å². The van der Waals surface area contributed by atoms with Crippen LogP contribution in [0.15, 0.2) is 29.3 Å². The monoisotopic (exact) mass is 351 g/mol. The molecule has 0 bridgehead atoms. The number of guanidine groups is 1. The number of aliphatic imine (C=N–C) groups is 1. The average molecular weight is 352 g/mol. The molecule has 0 amide bonds. The van der Waals surface area contributed by atoms with Gasteiger partial charge in [-0.15, -0.1) is 0 Å². The molecule has 0 atom stereocenters. The summed E-state index contributed by atoms with van der Waals surface area (Å²) in [6, 6.07) is 8.14. The molecule has 6 heteroatoms. The van der Waals surface area contributed by atoms with Crippen LogP contribution in [-0.2, 0) is 0 Å². The predicted molar refractivity (Wildman–Crippen MR) is 104 cm³/mol. The van der Waals surface area contributed by atoms with Gasteiger partial charge >= 0.3 is 0 Å². The van der Waals surface area contributed by atoms with Crippen molar-refractivity contribution in [3.63, 3.8) is 0 Å². The molecular formula is C18H30ClN5. The molecule has 0 aromatic heterocycles. The van der Waals surface area contributed by atoms with Crippen LogP contribution in [0, 0.1) is 0 Å². The van der Waals surface area contributed by atoms with Crippen LogP contribution >= 0.6 is 11.6 Å². The Bertz CT molecular complexity index is 512. The van der Waals surface area contributed by atoms with Gasteiger partial charge in [-0.2, -0.15) is 0 Å². The molecule has 1 aromatic carbocycles. The van der Waals surface area contributed by atoms with Crippen molar-refractivity contribution in [3.05, 3.63) is 29.3 Å². The first kappa shape index (κ1) is 18.9. The number of piperazine rings is 1. The van der Waals surface area contributed by atoms with Crippen molar-refractivity contribution in [3.8, 4) is 0 Å². The summed E-state index contributed by atoms with van der Waals surface area (Å²) in [6.45, 7) is 9.54. The molecule has 1 aliphatic heterocycles. The molecule has 134 valence electrons. The smallest absolute Gasteiger partial charge is 0.190 e. The predicted octanol–water partition coefficient (Wildman–Crippen LogP) is 2.43. The minimum Gasteiger partial charge on any atom is -0.369 e. The Hall–Kier alpha value is -1.46. The molecule has 1 fully saturated rings. The van der Waals surface area contributed by atoms with Crippen molar-refractivity contribution in [1.82, 2.24) is 15.5 Å². The summed E-state index contributed by atoms with van der Waals surface area (Å²) in [5.41, 5.74) is 1.23. The number of benzene rings is 1. The maximum Gasteiger partial charge on any atom is 0.190 e. The highest BCUT2D eigenvalue weighted by Gasteiger charge is 2.16. The van der Waals surface area contributed by atoms with Crippen LogP contribution in [0.2, 0.25) is 5.02 Å². The standard InChI is InChI=1S/C18H30ClN5/c1-3-8-21-18(20-2)22-9-5-10-23-11-13-24(14-12-23)17-7-4-6-16(19)15-17/h4,6-7,15H,3,5,8-14H2,1-2H3,(H2,20,21,22). The lowest BCUT2D eigenvalue weighted by Crippen LogP contribution is -2.47. The molecular weight excluding hydrogens is 322 g/mol. The van der Waals surface area contributed by atoms with Crippen molar-refractivity contribution < 1.29 is 0 Å². The Balaban J connectivity index is 1.63. The third-order valence-corrected chi connectivity index (χ3v) is 4.49. The van der Waals surface area contributed by atoms with Gasteiger partial charge in [-0.05, 0) is 37.6 Å². The van der Waals surface area contributed by atoms with E-state index in [4.69, 9.17) is 11.6 Å². The minimum atomic E-state index is 0.811. The molecule has 0 saturated carbocycles. The first-order chi connectivity index (χ1) is 11.7. The maximum absolute atomic E-state index is 6.09. The lowest BCUT2D eigenvalue weighted by atomic mass is 10.2. The highest BCUT2D eigenvalue weighted by Crippen LogP contribution is 2.20. The zero-order valence-electron chi connectivity index (χ0n) is 14.9. The fraction of sp³-hybridized carbons (Fsp3) is 0.611. The van der Waals surface area contributed by atoms with E-state index in [1.807, 2.05) is 19.2 Å². The van der Waals surface area contributed by atoms with Gasteiger partial charge in [0.25, 0.3) is 0 Å². The summed E-state index contributed by atoms with van der Waals surface area (Å²) < 4.78 is 0. The molecule has 0 radical (unpaired) electrons. The van der Waals surface area contributed by atoms with E-state index in [0.29, 0.717) is 0 Å². The van der Waals surface area contributed by atoms with Gasteiger partial charge in [0, 0.05) is 57.0 Å². The van der Waals surface area contributed by atoms with Crippen LogP contribution in [-0.4, -0.2) is 63.7 Å². The SMILES string of the molecule is CCCNC(=NC)NCCCN1CCN(c2cccc(Cl)c2)CC1. The van der Waals surface area contributed by atoms with E-state index in [1.165, 1.54) is 5.69 Å². The number of hydrogen-bond donors (Lipinski definition) is 2. The zero-order valence-corrected chi connectivity index (χ0v) is 15.6. The first-order valence-electron chi connectivity index (χ1n) is 8.90.